The zero-order chi connectivity index (χ0) is 5.98. The Balaban J connectivity index is 2.77. The molecule has 44 valence electrons. The minimum Gasteiger partial charge on any atom is -0.308 e. The lowest BCUT2D eigenvalue weighted by atomic mass is 10.6. The van der Waals surface area contributed by atoms with E-state index in [1.165, 1.54) is 4.80 Å². The van der Waals surface area contributed by atoms with Gasteiger partial charge in [0.2, 0.25) is 0 Å². The molecular formula is C4H8N4. The predicted octanol–water partition coefficient (Wildman–Crippen LogP) is -0.245. The van der Waals surface area contributed by atoms with Crippen molar-refractivity contribution in [2.24, 2.45) is 5.73 Å². The topological polar surface area (TPSA) is 56.7 Å². The highest BCUT2D eigenvalue weighted by atomic mass is 15.5. The summed E-state index contributed by atoms with van der Waals surface area (Å²) in [5.41, 5.74) is 5.40. The second-order valence-electron chi connectivity index (χ2n) is 1.59. The van der Waals surface area contributed by atoms with E-state index in [0.29, 0.717) is 0 Å². The van der Waals surface area contributed by atoms with Crippen LogP contribution in [-0.2, 0) is 0 Å². The Kier molecular flexibility index (Phi) is 1.26. The van der Waals surface area contributed by atoms with E-state index in [0.717, 1.165) is 0 Å². The zero-order valence-corrected chi connectivity index (χ0v) is 4.65. The maximum Gasteiger partial charge on any atom is 0.116 e. The monoisotopic (exact) mass is 112 g/mol. The molecule has 0 saturated carbocycles. The number of nitrogens with two attached hydrogens (primary N) is 1. The molecule has 1 aromatic rings. The second kappa shape index (κ2) is 1.92. The van der Waals surface area contributed by atoms with Crippen molar-refractivity contribution >= 4 is 0 Å². The third kappa shape index (κ3) is 0.840. The first-order chi connectivity index (χ1) is 3.80. The van der Waals surface area contributed by atoms with Gasteiger partial charge < -0.3 is 5.73 Å². The molecule has 1 atom stereocenters. The van der Waals surface area contributed by atoms with Gasteiger partial charge in [0.05, 0.1) is 12.4 Å². The maximum atomic E-state index is 5.40. The summed E-state index contributed by atoms with van der Waals surface area (Å²) in [6.45, 7) is 1.82. The van der Waals surface area contributed by atoms with Gasteiger partial charge in [-0.2, -0.15) is 15.0 Å². The van der Waals surface area contributed by atoms with Gasteiger partial charge in [0.1, 0.15) is 6.17 Å². The zero-order valence-electron chi connectivity index (χ0n) is 4.65. The van der Waals surface area contributed by atoms with Gasteiger partial charge >= 0.3 is 0 Å². The highest BCUT2D eigenvalue weighted by Gasteiger charge is 1.93. The summed E-state index contributed by atoms with van der Waals surface area (Å²) in [4.78, 5) is 1.44. The van der Waals surface area contributed by atoms with Crippen LogP contribution in [0.5, 0.6) is 0 Å². The molecule has 0 amide bonds. The summed E-state index contributed by atoms with van der Waals surface area (Å²) in [7, 11) is 0. The molecule has 1 aromatic heterocycles. The Morgan fingerprint density at radius 1 is 1.50 bits per heavy atom. The lowest BCUT2D eigenvalue weighted by molar-refractivity contribution is 0.447. The third-order valence-electron chi connectivity index (χ3n) is 0.801. The van der Waals surface area contributed by atoms with Gasteiger partial charge in [-0.05, 0) is 6.92 Å². The molecule has 0 saturated heterocycles. The van der Waals surface area contributed by atoms with Crippen molar-refractivity contribution in [3.05, 3.63) is 12.4 Å². The van der Waals surface area contributed by atoms with Gasteiger partial charge in [-0.25, -0.2) is 0 Å². The van der Waals surface area contributed by atoms with Gasteiger partial charge in [-0.1, -0.05) is 0 Å². The first-order valence-electron chi connectivity index (χ1n) is 2.42. The van der Waals surface area contributed by atoms with Gasteiger partial charge in [0.15, 0.2) is 0 Å². The molecule has 0 radical (unpaired) electrons. The van der Waals surface area contributed by atoms with Crippen LogP contribution < -0.4 is 5.73 Å². The van der Waals surface area contributed by atoms with E-state index < -0.39 is 0 Å². The molecule has 1 unspecified atom stereocenters. The Morgan fingerprint density at radius 2 is 2.00 bits per heavy atom. The van der Waals surface area contributed by atoms with Gasteiger partial charge in [0.25, 0.3) is 0 Å². The normalized spacial score (nSPS) is 13.8. The van der Waals surface area contributed by atoms with Crippen LogP contribution in [0.1, 0.15) is 13.1 Å². The lowest BCUT2D eigenvalue weighted by Gasteiger charge is -1.99. The van der Waals surface area contributed by atoms with Crippen LogP contribution in [0.15, 0.2) is 12.4 Å². The molecule has 4 heteroatoms. The minimum absolute atomic E-state index is 0.120. The number of hydrogen-bond acceptors (Lipinski definition) is 3. The molecule has 1 heterocycles. The molecule has 0 aliphatic heterocycles. The fourth-order valence-corrected chi connectivity index (χ4v) is 0.436. The van der Waals surface area contributed by atoms with Crippen molar-refractivity contribution < 1.29 is 0 Å². The average molecular weight is 112 g/mol. The molecule has 0 fully saturated rings. The number of hydrogen-bond donors (Lipinski definition) is 1. The minimum atomic E-state index is -0.120. The lowest BCUT2D eigenvalue weighted by Crippen LogP contribution is -2.16. The van der Waals surface area contributed by atoms with Crippen LogP contribution in [0.2, 0.25) is 0 Å². The fourth-order valence-electron chi connectivity index (χ4n) is 0.436. The summed E-state index contributed by atoms with van der Waals surface area (Å²) >= 11 is 0. The molecule has 0 aliphatic rings. The van der Waals surface area contributed by atoms with Crippen LogP contribution in [0.4, 0.5) is 0 Å². The van der Waals surface area contributed by atoms with Crippen molar-refractivity contribution in [1.82, 2.24) is 15.0 Å². The van der Waals surface area contributed by atoms with Crippen LogP contribution in [0.25, 0.3) is 0 Å². The quantitative estimate of drug-likeness (QED) is 0.545. The summed E-state index contributed by atoms with van der Waals surface area (Å²) < 4.78 is 0. The second-order valence-corrected chi connectivity index (χ2v) is 1.59. The Bertz CT molecular complexity index is 143. The van der Waals surface area contributed by atoms with Crippen molar-refractivity contribution in [1.29, 1.82) is 0 Å². The standard InChI is InChI=1S/C4H8N4/c1-4(5)8-6-2-3-7-8/h2-4H,5H2,1H3. The predicted molar refractivity (Wildman–Crippen MR) is 28.9 cm³/mol. The van der Waals surface area contributed by atoms with Gasteiger partial charge in [0, 0.05) is 0 Å². The molecule has 0 spiro atoms. The third-order valence-corrected chi connectivity index (χ3v) is 0.801. The molecule has 4 nitrogen and oxygen atoms in total. The maximum absolute atomic E-state index is 5.40. The summed E-state index contributed by atoms with van der Waals surface area (Å²) in [5.74, 6) is 0. The van der Waals surface area contributed by atoms with Crippen LogP contribution >= 0.6 is 0 Å². The van der Waals surface area contributed by atoms with Crippen LogP contribution in [0.3, 0.4) is 0 Å². The highest BCUT2D eigenvalue weighted by molar-refractivity contribution is 4.61. The van der Waals surface area contributed by atoms with E-state index in [4.69, 9.17) is 5.73 Å². The SMILES string of the molecule is CC(N)n1nccn1. The summed E-state index contributed by atoms with van der Waals surface area (Å²) in [6, 6.07) is 0. The largest absolute Gasteiger partial charge is 0.308 e. The van der Waals surface area contributed by atoms with E-state index in [1.807, 2.05) is 6.92 Å². The van der Waals surface area contributed by atoms with Crippen LogP contribution in [-0.4, -0.2) is 15.0 Å². The molecule has 2 N–H and O–H groups in total. The summed E-state index contributed by atoms with van der Waals surface area (Å²) in [5, 5.41) is 7.59. The van der Waals surface area contributed by atoms with Crippen LogP contribution in [0, 0.1) is 0 Å². The summed E-state index contributed by atoms with van der Waals surface area (Å²) in [6.07, 6.45) is 3.08. The Hall–Kier alpha value is -0.900. The van der Waals surface area contributed by atoms with Gasteiger partial charge in [-0.3, -0.25) is 0 Å². The van der Waals surface area contributed by atoms with Crippen molar-refractivity contribution in [3.8, 4) is 0 Å². The first-order valence-corrected chi connectivity index (χ1v) is 2.42. The smallest absolute Gasteiger partial charge is 0.116 e. The Morgan fingerprint density at radius 3 is 2.25 bits per heavy atom. The van der Waals surface area contributed by atoms with Crippen molar-refractivity contribution in [2.75, 3.05) is 0 Å². The van der Waals surface area contributed by atoms with Crippen molar-refractivity contribution in [3.63, 3.8) is 0 Å². The molecule has 1 rings (SSSR count). The number of rotatable bonds is 1. The molecular weight excluding hydrogens is 104 g/mol. The molecule has 0 aromatic carbocycles. The van der Waals surface area contributed by atoms with E-state index >= 15 is 0 Å². The number of nitrogens with zero attached hydrogens (tertiary/aromatic N) is 3. The van der Waals surface area contributed by atoms with E-state index in [1.54, 1.807) is 12.4 Å². The molecule has 0 aliphatic carbocycles. The average Bonchev–Trinajstić information content (AvgIpc) is 2.12. The van der Waals surface area contributed by atoms with Crippen molar-refractivity contribution in [2.45, 2.75) is 13.1 Å². The van der Waals surface area contributed by atoms with Gasteiger partial charge in [-0.15, -0.1) is 0 Å². The Labute approximate surface area is 47.3 Å². The number of aromatic nitrogens is 3. The highest BCUT2D eigenvalue weighted by Crippen LogP contribution is 1.86. The fraction of sp³-hybridized carbons (Fsp3) is 0.500. The van der Waals surface area contributed by atoms with E-state index in [9.17, 15) is 0 Å². The van der Waals surface area contributed by atoms with E-state index in [2.05, 4.69) is 10.2 Å². The molecule has 8 heavy (non-hydrogen) atoms. The molecule has 0 bridgehead atoms. The van der Waals surface area contributed by atoms with E-state index in [-0.39, 0.29) is 6.17 Å². The first kappa shape index (κ1) is 5.24.